The Morgan fingerprint density at radius 1 is 1.54 bits per heavy atom. The van der Waals surface area contributed by atoms with E-state index in [9.17, 15) is 0 Å². The van der Waals surface area contributed by atoms with Crippen LogP contribution in [0.3, 0.4) is 0 Å². The summed E-state index contributed by atoms with van der Waals surface area (Å²) in [4.78, 5) is 2.96. The Morgan fingerprint density at radius 2 is 2.38 bits per heavy atom. The Balaban J connectivity index is 2.03. The maximum absolute atomic E-state index is 3.55. The van der Waals surface area contributed by atoms with Crippen LogP contribution in [0.4, 0.5) is 0 Å². The molecule has 0 amide bonds. The van der Waals surface area contributed by atoms with Gasteiger partial charge in [-0.25, -0.2) is 0 Å². The second-order valence-electron chi connectivity index (χ2n) is 3.94. The molecule has 1 N–H and O–H groups in total. The molecule has 0 radical (unpaired) electrons. The molecule has 1 aromatic rings. The van der Waals surface area contributed by atoms with Gasteiger partial charge in [-0.15, -0.1) is 11.3 Å². The molecule has 1 nitrogen and oxygen atoms in total. The Bertz CT molecular complexity index is 284. The predicted molar refractivity (Wildman–Crippen MR) is 58.5 cm³/mol. The van der Waals surface area contributed by atoms with Crippen molar-refractivity contribution in [2.75, 3.05) is 6.54 Å². The SMILES string of the molecule is Cc1cc(CC2CCCN2)c(C)s1. The normalized spacial score (nSPS) is 22.5. The van der Waals surface area contributed by atoms with Crippen LogP contribution in [0.1, 0.15) is 28.2 Å². The largest absolute Gasteiger partial charge is 0.314 e. The summed E-state index contributed by atoms with van der Waals surface area (Å²) >= 11 is 1.92. The summed E-state index contributed by atoms with van der Waals surface area (Å²) in [6.45, 7) is 5.65. The monoisotopic (exact) mass is 195 g/mol. The third-order valence-electron chi connectivity index (χ3n) is 2.77. The highest BCUT2D eigenvalue weighted by Crippen LogP contribution is 2.23. The van der Waals surface area contributed by atoms with E-state index >= 15 is 0 Å². The van der Waals surface area contributed by atoms with Crippen molar-refractivity contribution in [3.05, 3.63) is 21.4 Å². The van der Waals surface area contributed by atoms with Crippen LogP contribution < -0.4 is 5.32 Å². The number of hydrogen-bond acceptors (Lipinski definition) is 2. The highest BCUT2D eigenvalue weighted by molar-refractivity contribution is 7.12. The van der Waals surface area contributed by atoms with Gasteiger partial charge in [0.05, 0.1) is 0 Å². The van der Waals surface area contributed by atoms with E-state index in [1.165, 1.54) is 35.6 Å². The molecule has 0 aromatic carbocycles. The summed E-state index contributed by atoms with van der Waals surface area (Å²) in [5.74, 6) is 0. The summed E-state index contributed by atoms with van der Waals surface area (Å²) in [7, 11) is 0. The second-order valence-corrected chi connectivity index (χ2v) is 5.40. The van der Waals surface area contributed by atoms with Crippen LogP contribution in [0, 0.1) is 13.8 Å². The lowest BCUT2D eigenvalue weighted by Crippen LogP contribution is -2.23. The van der Waals surface area contributed by atoms with Gasteiger partial charge in [-0.2, -0.15) is 0 Å². The first-order valence-electron chi connectivity index (χ1n) is 5.05. The second kappa shape index (κ2) is 3.81. The Morgan fingerprint density at radius 3 is 2.92 bits per heavy atom. The molecule has 0 saturated carbocycles. The number of thiophene rings is 1. The molecule has 0 spiro atoms. The lowest BCUT2D eigenvalue weighted by atomic mass is 10.1. The van der Waals surface area contributed by atoms with Crippen molar-refractivity contribution >= 4 is 11.3 Å². The average Bonchev–Trinajstić information content (AvgIpc) is 2.63. The zero-order valence-electron chi connectivity index (χ0n) is 8.39. The molecule has 1 fully saturated rings. The fourth-order valence-corrected chi connectivity index (χ4v) is 3.04. The molecule has 2 heteroatoms. The zero-order chi connectivity index (χ0) is 9.26. The molecule has 13 heavy (non-hydrogen) atoms. The fourth-order valence-electron chi connectivity index (χ4n) is 2.08. The van der Waals surface area contributed by atoms with E-state index in [0.29, 0.717) is 0 Å². The van der Waals surface area contributed by atoms with Gasteiger partial charge in [0, 0.05) is 15.8 Å². The minimum Gasteiger partial charge on any atom is -0.314 e. The van der Waals surface area contributed by atoms with Crippen molar-refractivity contribution in [1.29, 1.82) is 0 Å². The van der Waals surface area contributed by atoms with E-state index in [0.717, 1.165) is 6.04 Å². The maximum atomic E-state index is 3.55. The molecule has 2 rings (SSSR count). The Labute approximate surface area is 84.2 Å². The molecule has 1 aliphatic heterocycles. The smallest absolute Gasteiger partial charge is 0.0108 e. The van der Waals surface area contributed by atoms with Gasteiger partial charge in [0.15, 0.2) is 0 Å². The molecule has 2 heterocycles. The maximum Gasteiger partial charge on any atom is 0.0108 e. The van der Waals surface area contributed by atoms with Crippen LogP contribution in [-0.2, 0) is 6.42 Å². The molecule has 1 unspecified atom stereocenters. The van der Waals surface area contributed by atoms with Crippen LogP contribution in [-0.4, -0.2) is 12.6 Å². The molecule has 1 saturated heterocycles. The average molecular weight is 195 g/mol. The standard InChI is InChI=1S/C11H17NS/c1-8-6-10(9(2)13-8)7-11-4-3-5-12-11/h6,11-12H,3-5,7H2,1-2H3. The van der Waals surface area contributed by atoms with E-state index in [1.54, 1.807) is 5.56 Å². The summed E-state index contributed by atoms with van der Waals surface area (Å²) in [6, 6.07) is 3.09. The summed E-state index contributed by atoms with van der Waals surface area (Å²) < 4.78 is 0. The summed E-state index contributed by atoms with van der Waals surface area (Å²) in [5, 5.41) is 3.55. The van der Waals surface area contributed by atoms with Crippen molar-refractivity contribution in [3.63, 3.8) is 0 Å². The van der Waals surface area contributed by atoms with Crippen LogP contribution in [0.15, 0.2) is 6.07 Å². The van der Waals surface area contributed by atoms with Crippen molar-refractivity contribution in [2.45, 2.75) is 39.2 Å². The van der Waals surface area contributed by atoms with Gasteiger partial charge in [0.25, 0.3) is 0 Å². The lowest BCUT2D eigenvalue weighted by molar-refractivity contribution is 0.602. The van der Waals surface area contributed by atoms with Crippen molar-refractivity contribution in [3.8, 4) is 0 Å². The van der Waals surface area contributed by atoms with Crippen molar-refractivity contribution < 1.29 is 0 Å². The third kappa shape index (κ3) is 2.12. The van der Waals surface area contributed by atoms with E-state index in [1.807, 2.05) is 11.3 Å². The van der Waals surface area contributed by atoms with Crippen LogP contribution >= 0.6 is 11.3 Å². The number of nitrogens with one attached hydrogen (secondary N) is 1. The molecule has 1 aliphatic rings. The molecular weight excluding hydrogens is 178 g/mol. The number of hydrogen-bond donors (Lipinski definition) is 1. The minimum absolute atomic E-state index is 0.743. The van der Waals surface area contributed by atoms with Gasteiger partial charge in [0.1, 0.15) is 0 Å². The highest BCUT2D eigenvalue weighted by atomic mass is 32.1. The summed E-state index contributed by atoms with van der Waals surface area (Å²) in [6.07, 6.45) is 3.94. The minimum atomic E-state index is 0.743. The highest BCUT2D eigenvalue weighted by Gasteiger charge is 2.15. The van der Waals surface area contributed by atoms with E-state index in [2.05, 4.69) is 25.2 Å². The fraction of sp³-hybridized carbons (Fsp3) is 0.636. The topological polar surface area (TPSA) is 12.0 Å². The van der Waals surface area contributed by atoms with Gasteiger partial charge in [0.2, 0.25) is 0 Å². The van der Waals surface area contributed by atoms with Crippen LogP contribution in [0.5, 0.6) is 0 Å². The van der Waals surface area contributed by atoms with E-state index in [4.69, 9.17) is 0 Å². The molecular formula is C11H17NS. The van der Waals surface area contributed by atoms with Crippen LogP contribution in [0.2, 0.25) is 0 Å². The quantitative estimate of drug-likeness (QED) is 0.765. The van der Waals surface area contributed by atoms with E-state index < -0.39 is 0 Å². The van der Waals surface area contributed by atoms with Gasteiger partial charge < -0.3 is 5.32 Å². The molecule has 1 aromatic heterocycles. The lowest BCUT2D eigenvalue weighted by Gasteiger charge is -2.08. The predicted octanol–water partition coefficient (Wildman–Crippen LogP) is 2.66. The third-order valence-corrected chi connectivity index (χ3v) is 3.78. The first-order valence-corrected chi connectivity index (χ1v) is 5.86. The van der Waals surface area contributed by atoms with Crippen molar-refractivity contribution in [1.82, 2.24) is 5.32 Å². The summed E-state index contributed by atoms with van der Waals surface area (Å²) in [5.41, 5.74) is 1.56. The number of rotatable bonds is 2. The first-order chi connectivity index (χ1) is 6.25. The zero-order valence-corrected chi connectivity index (χ0v) is 9.21. The van der Waals surface area contributed by atoms with Gasteiger partial charge >= 0.3 is 0 Å². The van der Waals surface area contributed by atoms with Gasteiger partial charge in [-0.1, -0.05) is 0 Å². The van der Waals surface area contributed by atoms with Gasteiger partial charge in [-0.3, -0.25) is 0 Å². The number of aryl methyl sites for hydroxylation is 2. The molecule has 0 bridgehead atoms. The molecule has 0 aliphatic carbocycles. The van der Waals surface area contributed by atoms with Crippen LogP contribution in [0.25, 0.3) is 0 Å². The Hall–Kier alpha value is -0.340. The molecule has 1 atom stereocenters. The molecule has 72 valence electrons. The van der Waals surface area contributed by atoms with E-state index in [-0.39, 0.29) is 0 Å². The first kappa shape index (κ1) is 9.22. The van der Waals surface area contributed by atoms with Crippen molar-refractivity contribution in [2.24, 2.45) is 0 Å². The van der Waals surface area contributed by atoms with Gasteiger partial charge in [-0.05, 0) is 51.3 Å². The Kier molecular flexibility index (Phi) is 2.70.